The Morgan fingerprint density at radius 1 is 1.07 bits per heavy atom. The second-order valence-electron chi connectivity index (χ2n) is 7.76. The minimum absolute atomic E-state index is 0.109. The number of allylic oxidation sites excluding steroid dienone is 1. The van der Waals surface area contributed by atoms with Crippen molar-refractivity contribution in [3.05, 3.63) is 70.4 Å². The summed E-state index contributed by atoms with van der Waals surface area (Å²) in [7, 11) is 0. The number of aromatic nitrogens is 2. The van der Waals surface area contributed by atoms with Gasteiger partial charge in [-0.1, -0.05) is 35.9 Å². The van der Waals surface area contributed by atoms with Crippen molar-refractivity contribution in [1.29, 1.82) is 0 Å². The van der Waals surface area contributed by atoms with Gasteiger partial charge >= 0.3 is 0 Å². The van der Waals surface area contributed by atoms with Crippen LogP contribution in [0.2, 0.25) is 5.02 Å². The van der Waals surface area contributed by atoms with E-state index in [2.05, 4.69) is 16.0 Å². The first-order valence-corrected chi connectivity index (χ1v) is 10.5. The summed E-state index contributed by atoms with van der Waals surface area (Å²) in [4.78, 5) is 20.4. The van der Waals surface area contributed by atoms with E-state index in [1.165, 1.54) is 6.42 Å². The summed E-state index contributed by atoms with van der Waals surface area (Å²) in [5.41, 5.74) is 4.59. The lowest BCUT2D eigenvalue weighted by Crippen LogP contribution is -2.40. The lowest BCUT2D eigenvalue weighted by Gasteiger charge is -2.35. The smallest absolute Gasteiger partial charge is 0.254 e. The predicted octanol–water partition coefficient (Wildman–Crippen LogP) is 4.99. The number of halogens is 1. The molecule has 1 aromatic heterocycles. The Morgan fingerprint density at radius 2 is 1.79 bits per heavy atom. The lowest BCUT2D eigenvalue weighted by molar-refractivity contribution is -0.128. The summed E-state index contributed by atoms with van der Waals surface area (Å²) in [6.45, 7) is 3.61. The molecule has 5 nitrogen and oxygen atoms in total. The van der Waals surface area contributed by atoms with Gasteiger partial charge in [0.2, 0.25) is 5.95 Å². The van der Waals surface area contributed by atoms with Crippen LogP contribution in [-0.4, -0.2) is 33.4 Å². The zero-order valence-corrected chi connectivity index (χ0v) is 17.1. The zero-order chi connectivity index (χ0) is 20.0. The van der Waals surface area contributed by atoms with Gasteiger partial charge in [-0.15, -0.1) is 0 Å². The fourth-order valence-electron chi connectivity index (χ4n) is 4.47. The molecular weight excluding hydrogens is 384 g/mol. The highest BCUT2D eigenvalue weighted by Crippen LogP contribution is 2.40. The molecule has 0 unspecified atom stereocenters. The van der Waals surface area contributed by atoms with Gasteiger partial charge < -0.3 is 10.2 Å². The molecule has 2 aliphatic rings. The van der Waals surface area contributed by atoms with Crippen LogP contribution in [0.4, 0.5) is 5.95 Å². The van der Waals surface area contributed by atoms with Crippen LogP contribution < -0.4 is 5.32 Å². The van der Waals surface area contributed by atoms with E-state index in [0.717, 1.165) is 59.7 Å². The van der Waals surface area contributed by atoms with Crippen molar-refractivity contribution in [2.24, 2.45) is 0 Å². The Bertz CT molecular complexity index is 1110. The van der Waals surface area contributed by atoms with Gasteiger partial charge in [0.15, 0.2) is 0 Å². The molecule has 0 saturated carbocycles. The first-order chi connectivity index (χ1) is 14.1. The molecule has 0 bridgehead atoms. The number of hydrogen-bond acceptors (Lipinski definition) is 3. The molecule has 6 heteroatoms. The number of benzene rings is 2. The third kappa shape index (κ3) is 3.10. The number of hydrogen-bond donors (Lipinski definition) is 1. The molecule has 1 fully saturated rings. The highest BCUT2D eigenvalue weighted by atomic mass is 35.5. The van der Waals surface area contributed by atoms with Crippen molar-refractivity contribution < 1.29 is 4.79 Å². The quantitative estimate of drug-likeness (QED) is 0.652. The van der Waals surface area contributed by atoms with Crippen molar-refractivity contribution in [3.8, 4) is 0 Å². The topological polar surface area (TPSA) is 50.2 Å². The average Bonchev–Trinajstić information content (AvgIpc) is 3.11. The van der Waals surface area contributed by atoms with Crippen LogP contribution in [-0.2, 0) is 4.79 Å². The Labute approximate surface area is 175 Å². The summed E-state index contributed by atoms with van der Waals surface area (Å²) >= 11 is 6.16. The van der Waals surface area contributed by atoms with Crippen LogP contribution in [0.1, 0.15) is 37.8 Å². The third-order valence-electron chi connectivity index (χ3n) is 5.89. The Balaban J connectivity index is 1.69. The number of para-hydroxylation sites is 2. The SMILES string of the molecule is CC1=C(C(=O)N2CCCCC2)[C@@H](c2ccc(Cl)cc2)n2c(nc3ccccc32)N1. The van der Waals surface area contributed by atoms with Crippen LogP contribution in [0.25, 0.3) is 11.0 Å². The maximum Gasteiger partial charge on any atom is 0.254 e. The number of anilines is 1. The van der Waals surface area contributed by atoms with E-state index >= 15 is 0 Å². The minimum atomic E-state index is -0.245. The van der Waals surface area contributed by atoms with Crippen LogP contribution in [0.15, 0.2) is 59.8 Å². The van der Waals surface area contributed by atoms with E-state index in [0.29, 0.717) is 5.02 Å². The van der Waals surface area contributed by atoms with Crippen molar-refractivity contribution in [1.82, 2.24) is 14.5 Å². The zero-order valence-electron chi connectivity index (χ0n) is 16.4. The summed E-state index contributed by atoms with van der Waals surface area (Å²) in [5, 5.41) is 4.07. The van der Waals surface area contributed by atoms with E-state index in [4.69, 9.17) is 16.6 Å². The van der Waals surface area contributed by atoms with Gasteiger partial charge in [0, 0.05) is 23.8 Å². The van der Waals surface area contributed by atoms with Crippen molar-refractivity contribution in [2.45, 2.75) is 32.2 Å². The normalized spacial score (nSPS) is 19.2. The van der Waals surface area contributed by atoms with Crippen molar-refractivity contribution in [2.75, 3.05) is 18.4 Å². The number of fused-ring (bicyclic) bond motifs is 3. The number of carbonyl (C=O) groups excluding carboxylic acids is 1. The van der Waals surface area contributed by atoms with Gasteiger partial charge in [0.05, 0.1) is 22.6 Å². The summed E-state index contributed by atoms with van der Waals surface area (Å²) < 4.78 is 2.14. The van der Waals surface area contributed by atoms with Gasteiger partial charge in [-0.25, -0.2) is 4.98 Å². The van der Waals surface area contributed by atoms with Crippen LogP contribution in [0.3, 0.4) is 0 Å². The molecule has 2 aliphatic heterocycles. The average molecular weight is 407 g/mol. The predicted molar refractivity (Wildman–Crippen MR) is 116 cm³/mol. The van der Waals surface area contributed by atoms with Gasteiger partial charge in [-0.3, -0.25) is 9.36 Å². The highest BCUT2D eigenvalue weighted by molar-refractivity contribution is 6.30. The van der Waals surface area contributed by atoms with E-state index in [1.54, 1.807) is 0 Å². The molecule has 1 N–H and O–H groups in total. The number of imidazole rings is 1. The number of piperidine rings is 1. The highest BCUT2D eigenvalue weighted by Gasteiger charge is 2.36. The number of rotatable bonds is 2. The summed E-state index contributed by atoms with van der Waals surface area (Å²) in [6.07, 6.45) is 3.32. The van der Waals surface area contributed by atoms with Gasteiger partial charge in [0.25, 0.3) is 5.91 Å². The summed E-state index contributed by atoms with van der Waals surface area (Å²) in [5.74, 6) is 0.872. The maximum atomic E-state index is 13.7. The monoisotopic (exact) mass is 406 g/mol. The van der Waals surface area contributed by atoms with E-state index in [9.17, 15) is 4.79 Å². The van der Waals surface area contributed by atoms with Gasteiger partial charge in [-0.05, 0) is 56.0 Å². The van der Waals surface area contributed by atoms with Crippen LogP contribution >= 0.6 is 11.6 Å². The second-order valence-corrected chi connectivity index (χ2v) is 8.20. The molecule has 0 spiro atoms. The fraction of sp³-hybridized carbons (Fsp3) is 0.304. The molecule has 5 rings (SSSR count). The molecule has 3 heterocycles. The standard InChI is InChI=1S/C23H23ClN4O/c1-15-20(22(29)27-13-5-2-6-14-27)21(16-9-11-17(24)12-10-16)28-19-8-4-3-7-18(19)26-23(28)25-15/h3-4,7-12,21H,2,5-6,13-14H2,1H3,(H,25,26)/t21-/m1/s1. The third-order valence-corrected chi connectivity index (χ3v) is 6.14. The molecule has 3 aromatic rings. The number of nitrogens with zero attached hydrogens (tertiary/aromatic N) is 3. The van der Waals surface area contributed by atoms with E-state index in [-0.39, 0.29) is 11.9 Å². The minimum Gasteiger partial charge on any atom is -0.339 e. The molecule has 1 atom stereocenters. The Morgan fingerprint density at radius 3 is 2.55 bits per heavy atom. The van der Waals surface area contributed by atoms with Crippen LogP contribution in [0.5, 0.6) is 0 Å². The van der Waals surface area contributed by atoms with E-state index in [1.807, 2.05) is 54.3 Å². The molecule has 2 aromatic carbocycles. The number of likely N-dealkylation sites (tertiary alicyclic amines) is 1. The number of carbonyl (C=O) groups is 1. The largest absolute Gasteiger partial charge is 0.339 e. The van der Waals surface area contributed by atoms with Crippen molar-refractivity contribution >= 4 is 34.5 Å². The lowest BCUT2D eigenvalue weighted by atomic mass is 9.93. The molecule has 0 radical (unpaired) electrons. The molecule has 0 aliphatic carbocycles. The molecule has 1 amide bonds. The summed E-state index contributed by atoms with van der Waals surface area (Å²) in [6, 6.07) is 15.6. The Hall–Kier alpha value is -2.79. The van der Waals surface area contributed by atoms with Gasteiger partial charge in [-0.2, -0.15) is 0 Å². The first-order valence-electron chi connectivity index (χ1n) is 10.1. The maximum absolute atomic E-state index is 13.7. The van der Waals surface area contributed by atoms with Crippen LogP contribution in [0, 0.1) is 0 Å². The number of amides is 1. The van der Waals surface area contributed by atoms with Crippen molar-refractivity contribution in [3.63, 3.8) is 0 Å². The number of nitrogens with one attached hydrogen (secondary N) is 1. The van der Waals surface area contributed by atoms with Gasteiger partial charge in [0.1, 0.15) is 0 Å². The molecule has 29 heavy (non-hydrogen) atoms. The second kappa shape index (κ2) is 7.23. The fourth-order valence-corrected chi connectivity index (χ4v) is 4.59. The van der Waals surface area contributed by atoms with E-state index < -0.39 is 0 Å². The first kappa shape index (κ1) is 18.3. The molecular formula is C23H23ClN4O. The molecule has 148 valence electrons. The Kier molecular flexibility index (Phi) is 4.55. The molecule has 1 saturated heterocycles.